The Morgan fingerprint density at radius 2 is 1.33 bits per heavy atom. The SMILES string of the molecule is Clc1cc2c(cc1Cl)OCCO2. The molecule has 0 saturated heterocycles. The van der Waals surface area contributed by atoms with E-state index >= 15 is 0 Å². The molecule has 1 heterocycles. The van der Waals surface area contributed by atoms with Gasteiger partial charge in [0.25, 0.3) is 0 Å². The van der Waals surface area contributed by atoms with E-state index in [1.165, 1.54) is 0 Å². The van der Waals surface area contributed by atoms with Crippen molar-refractivity contribution < 1.29 is 9.47 Å². The lowest BCUT2D eigenvalue weighted by Crippen LogP contribution is -2.15. The fraction of sp³-hybridized carbons (Fsp3) is 0.250. The standard InChI is InChI=1S/C8H6Cl2O2/c9-5-3-7-8(4-6(5)10)12-2-1-11-7/h3-4H,1-2H2. The minimum absolute atomic E-state index is 0.487. The molecule has 0 radical (unpaired) electrons. The van der Waals surface area contributed by atoms with Crippen molar-refractivity contribution >= 4 is 23.2 Å². The molecule has 0 fully saturated rings. The zero-order valence-corrected chi connectivity index (χ0v) is 7.65. The first-order valence-electron chi connectivity index (χ1n) is 3.52. The molecule has 0 bridgehead atoms. The Hall–Kier alpha value is -0.600. The molecule has 0 amide bonds. The van der Waals surface area contributed by atoms with Crippen LogP contribution in [0.4, 0.5) is 0 Å². The van der Waals surface area contributed by atoms with E-state index in [9.17, 15) is 0 Å². The van der Waals surface area contributed by atoms with Crippen molar-refractivity contribution in [3.05, 3.63) is 22.2 Å². The van der Waals surface area contributed by atoms with Crippen LogP contribution in [0.15, 0.2) is 12.1 Å². The van der Waals surface area contributed by atoms with E-state index in [2.05, 4.69) is 0 Å². The first kappa shape index (κ1) is 8.02. The monoisotopic (exact) mass is 204 g/mol. The van der Waals surface area contributed by atoms with Gasteiger partial charge in [-0.3, -0.25) is 0 Å². The molecule has 1 aromatic carbocycles. The van der Waals surface area contributed by atoms with E-state index < -0.39 is 0 Å². The van der Waals surface area contributed by atoms with Crippen molar-refractivity contribution in [1.29, 1.82) is 0 Å². The molecule has 0 N–H and O–H groups in total. The van der Waals surface area contributed by atoms with Crippen LogP contribution in [-0.4, -0.2) is 13.2 Å². The molecular formula is C8H6Cl2O2. The lowest BCUT2D eigenvalue weighted by Gasteiger charge is -2.18. The van der Waals surface area contributed by atoms with Gasteiger partial charge >= 0.3 is 0 Å². The topological polar surface area (TPSA) is 18.5 Å². The van der Waals surface area contributed by atoms with E-state index in [0.29, 0.717) is 34.8 Å². The molecule has 0 aliphatic carbocycles. The van der Waals surface area contributed by atoms with Crippen LogP contribution in [0.5, 0.6) is 11.5 Å². The van der Waals surface area contributed by atoms with Crippen LogP contribution >= 0.6 is 23.2 Å². The van der Waals surface area contributed by atoms with Gasteiger partial charge < -0.3 is 9.47 Å². The summed E-state index contributed by atoms with van der Waals surface area (Å²) in [6.07, 6.45) is 0. The van der Waals surface area contributed by atoms with Gasteiger partial charge in [-0.1, -0.05) is 23.2 Å². The van der Waals surface area contributed by atoms with Gasteiger partial charge in [-0.25, -0.2) is 0 Å². The van der Waals surface area contributed by atoms with Crippen LogP contribution in [0.1, 0.15) is 0 Å². The maximum absolute atomic E-state index is 5.78. The highest BCUT2D eigenvalue weighted by Gasteiger charge is 2.13. The van der Waals surface area contributed by atoms with Gasteiger partial charge in [0.1, 0.15) is 13.2 Å². The highest BCUT2D eigenvalue weighted by molar-refractivity contribution is 6.42. The van der Waals surface area contributed by atoms with Gasteiger partial charge in [0.2, 0.25) is 0 Å². The van der Waals surface area contributed by atoms with Crippen molar-refractivity contribution in [2.45, 2.75) is 0 Å². The molecule has 2 rings (SSSR count). The quantitative estimate of drug-likeness (QED) is 0.648. The third kappa shape index (κ3) is 1.32. The van der Waals surface area contributed by atoms with Crippen molar-refractivity contribution in [3.63, 3.8) is 0 Å². The van der Waals surface area contributed by atoms with E-state index in [0.717, 1.165) is 0 Å². The van der Waals surface area contributed by atoms with Gasteiger partial charge in [-0.15, -0.1) is 0 Å². The normalized spacial score (nSPS) is 14.5. The largest absolute Gasteiger partial charge is 0.486 e. The summed E-state index contributed by atoms with van der Waals surface area (Å²) >= 11 is 11.6. The van der Waals surface area contributed by atoms with Gasteiger partial charge in [-0.2, -0.15) is 0 Å². The molecule has 1 aromatic rings. The summed E-state index contributed by atoms with van der Waals surface area (Å²) in [7, 11) is 0. The summed E-state index contributed by atoms with van der Waals surface area (Å²) in [4.78, 5) is 0. The van der Waals surface area contributed by atoms with E-state index in [4.69, 9.17) is 32.7 Å². The second-order valence-electron chi connectivity index (χ2n) is 2.41. The number of hydrogen-bond acceptors (Lipinski definition) is 2. The predicted molar refractivity (Wildman–Crippen MR) is 47.5 cm³/mol. The third-order valence-electron chi connectivity index (χ3n) is 1.59. The molecule has 0 unspecified atom stereocenters. The summed E-state index contributed by atoms with van der Waals surface area (Å²) in [5.41, 5.74) is 0. The van der Waals surface area contributed by atoms with Crippen LogP contribution in [0, 0.1) is 0 Å². The molecule has 0 aromatic heterocycles. The van der Waals surface area contributed by atoms with Crippen molar-refractivity contribution in [1.82, 2.24) is 0 Å². The number of rotatable bonds is 0. The van der Waals surface area contributed by atoms with Gasteiger partial charge in [0.15, 0.2) is 11.5 Å². The smallest absolute Gasteiger partial charge is 0.162 e. The molecule has 2 nitrogen and oxygen atoms in total. The average Bonchev–Trinajstić information content (AvgIpc) is 2.07. The number of hydrogen-bond donors (Lipinski definition) is 0. The minimum atomic E-state index is 0.487. The van der Waals surface area contributed by atoms with Crippen LogP contribution in [0.3, 0.4) is 0 Å². The van der Waals surface area contributed by atoms with E-state index in [-0.39, 0.29) is 0 Å². The molecule has 0 atom stereocenters. The molecule has 64 valence electrons. The molecule has 1 aliphatic heterocycles. The summed E-state index contributed by atoms with van der Waals surface area (Å²) in [6.45, 7) is 1.12. The first-order valence-corrected chi connectivity index (χ1v) is 4.27. The van der Waals surface area contributed by atoms with Crippen LogP contribution in [0.2, 0.25) is 10.0 Å². The van der Waals surface area contributed by atoms with Crippen molar-refractivity contribution in [3.8, 4) is 11.5 Å². The number of ether oxygens (including phenoxy) is 2. The fourth-order valence-corrected chi connectivity index (χ4v) is 1.35. The van der Waals surface area contributed by atoms with Gasteiger partial charge in [0.05, 0.1) is 10.0 Å². The molecule has 0 spiro atoms. The molecule has 4 heteroatoms. The molecule has 0 saturated carbocycles. The van der Waals surface area contributed by atoms with E-state index in [1.807, 2.05) is 0 Å². The molecule has 12 heavy (non-hydrogen) atoms. The summed E-state index contributed by atoms with van der Waals surface area (Å²) in [6, 6.07) is 3.33. The highest BCUT2D eigenvalue weighted by atomic mass is 35.5. The summed E-state index contributed by atoms with van der Waals surface area (Å²) < 4.78 is 10.6. The minimum Gasteiger partial charge on any atom is -0.486 e. The summed E-state index contributed by atoms with van der Waals surface area (Å²) in [5.74, 6) is 1.33. The lowest BCUT2D eigenvalue weighted by molar-refractivity contribution is 0.171. The molecule has 1 aliphatic rings. The summed E-state index contributed by atoms with van der Waals surface area (Å²) in [5, 5.41) is 0.974. The Labute approximate surface area is 80.0 Å². The Morgan fingerprint density at radius 3 is 1.75 bits per heavy atom. The Morgan fingerprint density at radius 1 is 0.917 bits per heavy atom. The third-order valence-corrected chi connectivity index (χ3v) is 2.31. The second kappa shape index (κ2) is 3.04. The van der Waals surface area contributed by atoms with Crippen LogP contribution < -0.4 is 9.47 Å². The maximum atomic E-state index is 5.78. The van der Waals surface area contributed by atoms with Crippen molar-refractivity contribution in [2.75, 3.05) is 13.2 Å². The zero-order chi connectivity index (χ0) is 8.55. The highest BCUT2D eigenvalue weighted by Crippen LogP contribution is 2.37. The lowest BCUT2D eigenvalue weighted by atomic mass is 10.3. The second-order valence-corrected chi connectivity index (χ2v) is 3.22. The Balaban J connectivity index is 2.49. The number of benzene rings is 1. The Bertz CT molecular complexity index is 281. The average molecular weight is 205 g/mol. The van der Waals surface area contributed by atoms with Crippen LogP contribution in [0.25, 0.3) is 0 Å². The van der Waals surface area contributed by atoms with Crippen molar-refractivity contribution in [2.24, 2.45) is 0 Å². The number of halogens is 2. The Kier molecular flexibility index (Phi) is 2.03. The number of fused-ring (bicyclic) bond motifs is 1. The fourth-order valence-electron chi connectivity index (χ4n) is 1.04. The van der Waals surface area contributed by atoms with Gasteiger partial charge in [0, 0.05) is 12.1 Å². The predicted octanol–water partition coefficient (Wildman–Crippen LogP) is 2.76. The van der Waals surface area contributed by atoms with E-state index in [1.54, 1.807) is 12.1 Å². The first-order chi connectivity index (χ1) is 5.77. The maximum Gasteiger partial charge on any atom is 0.162 e. The zero-order valence-electron chi connectivity index (χ0n) is 6.14. The van der Waals surface area contributed by atoms with Crippen LogP contribution in [-0.2, 0) is 0 Å². The van der Waals surface area contributed by atoms with Gasteiger partial charge in [-0.05, 0) is 0 Å². The molecular weight excluding hydrogens is 199 g/mol.